The molecule has 2 aliphatic heterocycles. The van der Waals surface area contributed by atoms with Crippen molar-refractivity contribution >= 4 is 5.91 Å². The van der Waals surface area contributed by atoms with Gasteiger partial charge in [0.1, 0.15) is 0 Å². The predicted molar refractivity (Wildman–Crippen MR) is 66.8 cm³/mol. The maximum Gasteiger partial charge on any atom is 0.236 e. The van der Waals surface area contributed by atoms with E-state index in [4.69, 9.17) is 4.74 Å². The largest absolute Gasteiger partial charge is 0.378 e. The van der Waals surface area contributed by atoms with E-state index in [2.05, 4.69) is 18.7 Å². The van der Waals surface area contributed by atoms with Gasteiger partial charge >= 0.3 is 0 Å². The molecule has 4 nitrogen and oxygen atoms in total. The average Bonchev–Trinajstić information content (AvgIpc) is 2.28. The zero-order valence-electron chi connectivity index (χ0n) is 11.0. The van der Waals surface area contributed by atoms with Gasteiger partial charge in [0.25, 0.3) is 0 Å². The SMILES string of the molecule is C[C@H]1C[C@H](C)CN(CC(=O)N2CCOCC2)C1. The molecule has 0 aromatic carbocycles. The molecule has 2 heterocycles. The first-order chi connectivity index (χ1) is 8.15. The molecule has 0 spiro atoms. The van der Waals surface area contributed by atoms with Gasteiger partial charge in [-0.05, 0) is 18.3 Å². The number of piperidine rings is 1. The zero-order chi connectivity index (χ0) is 12.3. The van der Waals surface area contributed by atoms with Crippen LogP contribution in [0.5, 0.6) is 0 Å². The summed E-state index contributed by atoms with van der Waals surface area (Å²) in [4.78, 5) is 16.4. The van der Waals surface area contributed by atoms with Gasteiger partial charge < -0.3 is 9.64 Å². The first kappa shape index (κ1) is 12.8. The highest BCUT2D eigenvalue weighted by molar-refractivity contribution is 5.78. The third kappa shape index (κ3) is 3.68. The minimum absolute atomic E-state index is 0.273. The van der Waals surface area contributed by atoms with Crippen LogP contribution in [0.3, 0.4) is 0 Å². The lowest BCUT2D eigenvalue weighted by atomic mass is 9.92. The molecule has 1 amide bonds. The number of hydrogen-bond acceptors (Lipinski definition) is 3. The lowest BCUT2D eigenvalue weighted by molar-refractivity contribution is -0.137. The standard InChI is InChI=1S/C13H24N2O2/c1-11-7-12(2)9-14(8-11)10-13(16)15-3-5-17-6-4-15/h11-12H,3-10H2,1-2H3/t11-,12-/m0/s1. The molecule has 0 aromatic heterocycles. The van der Waals surface area contributed by atoms with E-state index in [-0.39, 0.29) is 5.91 Å². The second-order valence-corrected chi connectivity index (χ2v) is 5.63. The van der Waals surface area contributed by atoms with Crippen LogP contribution in [0.2, 0.25) is 0 Å². The van der Waals surface area contributed by atoms with Gasteiger partial charge in [0.2, 0.25) is 5.91 Å². The van der Waals surface area contributed by atoms with Crippen LogP contribution in [0.25, 0.3) is 0 Å². The van der Waals surface area contributed by atoms with Gasteiger partial charge in [-0.3, -0.25) is 9.69 Å². The van der Waals surface area contributed by atoms with Gasteiger partial charge in [0, 0.05) is 26.2 Å². The van der Waals surface area contributed by atoms with E-state index in [0.717, 1.165) is 38.0 Å². The number of ether oxygens (including phenoxy) is 1. The third-order valence-corrected chi connectivity index (χ3v) is 3.67. The summed E-state index contributed by atoms with van der Waals surface area (Å²) >= 11 is 0. The number of carbonyl (C=O) groups is 1. The van der Waals surface area contributed by atoms with E-state index in [0.29, 0.717) is 19.8 Å². The van der Waals surface area contributed by atoms with Gasteiger partial charge in [-0.2, -0.15) is 0 Å². The molecular weight excluding hydrogens is 216 g/mol. The Balaban J connectivity index is 1.80. The highest BCUT2D eigenvalue weighted by Crippen LogP contribution is 2.20. The Kier molecular flexibility index (Phi) is 4.40. The molecule has 2 rings (SSSR count). The molecule has 4 heteroatoms. The smallest absolute Gasteiger partial charge is 0.236 e. The molecule has 0 radical (unpaired) electrons. The number of amides is 1. The molecule has 0 saturated carbocycles. The maximum absolute atomic E-state index is 12.1. The number of carbonyl (C=O) groups excluding carboxylic acids is 1. The average molecular weight is 240 g/mol. The van der Waals surface area contributed by atoms with E-state index < -0.39 is 0 Å². The number of nitrogens with zero attached hydrogens (tertiary/aromatic N) is 2. The Bertz CT molecular complexity index is 254. The maximum atomic E-state index is 12.1. The summed E-state index contributed by atoms with van der Waals surface area (Å²) in [5.41, 5.74) is 0. The van der Waals surface area contributed by atoms with Crippen LogP contribution in [0.15, 0.2) is 0 Å². The molecule has 98 valence electrons. The molecule has 2 saturated heterocycles. The molecule has 2 fully saturated rings. The summed E-state index contributed by atoms with van der Waals surface area (Å²) in [6.45, 7) is 10.2. The second-order valence-electron chi connectivity index (χ2n) is 5.63. The van der Waals surface area contributed by atoms with E-state index >= 15 is 0 Å². The molecule has 17 heavy (non-hydrogen) atoms. The van der Waals surface area contributed by atoms with Crippen molar-refractivity contribution in [2.24, 2.45) is 11.8 Å². The molecule has 0 aliphatic carbocycles. The Morgan fingerprint density at radius 1 is 1.18 bits per heavy atom. The Labute approximate surface area is 104 Å². The summed E-state index contributed by atoms with van der Waals surface area (Å²) in [5, 5.41) is 0. The minimum atomic E-state index is 0.273. The lowest BCUT2D eigenvalue weighted by Crippen LogP contribution is -2.48. The predicted octanol–water partition coefficient (Wildman–Crippen LogP) is 0.823. The minimum Gasteiger partial charge on any atom is -0.378 e. The van der Waals surface area contributed by atoms with Gasteiger partial charge in [-0.15, -0.1) is 0 Å². The van der Waals surface area contributed by atoms with Crippen molar-refractivity contribution in [3.8, 4) is 0 Å². The zero-order valence-corrected chi connectivity index (χ0v) is 11.0. The highest BCUT2D eigenvalue weighted by atomic mass is 16.5. The first-order valence-corrected chi connectivity index (χ1v) is 6.73. The molecular formula is C13H24N2O2. The van der Waals surface area contributed by atoms with E-state index in [1.807, 2.05) is 4.90 Å². The van der Waals surface area contributed by atoms with Crippen LogP contribution in [0, 0.1) is 11.8 Å². The van der Waals surface area contributed by atoms with E-state index in [9.17, 15) is 4.79 Å². The number of hydrogen-bond donors (Lipinski definition) is 0. The normalized spacial score (nSPS) is 31.5. The Hall–Kier alpha value is -0.610. The van der Waals surface area contributed by atoms with Crippen LogP contribution >= 0.6 is 0 Å². The van der Waals surface area contributed by atoms with Crippen molar-refractivity contribution in [1.29, 1.82) is 0 Å². The molecule has 0 N–H and O–H groups in total. The van der Waals surface area contributed by atoms with Crippen LogP contribution in [-0.4, -0.2) is 61.6 Å². The van der Waals surface area contributed by atoms with Gasteiger partial charge in [0.15, 0.2) is 0 Å². The number of morpholine rings is 1. The Morgan fingerprint density at radius 3 is 2.35 bits per heavy atom. The van der Waals surface area contributed by atoms with Crippen molar-refractivity contribution in [2.75, 3.05) is 45.9 Å². The molecule has 2 aliphatic rings. The van der Waals surface area contributed by atoms with Crippen LogP contribution in [-0.2, 0) is 9.53 Å². The summed E-state index contributed by atoms with van der Waals surface area (Å²) in [7, 11) is 0. The highest BCUT2D eigenvalue weighted by Gasteiger charge is 2.25. The summed E-state index contributed by atoms with van der Waals surface area (Å²) in [6.07, 6.45) is 1.29. The lowest BCUT2D eigenvalue weighted by Gasteiger charge is -2.36. The van der Waals surface area contributed by atoms with Crippen molar-refractivity contribution in [2.45, 2.75) is 20.3 Å². The quantitative estimate of drug-likeness (QED) is 0.716. The van der Waals surface area contributed by atoms with Crippen molar-refractivity contribution < 1.29 is 9.53 Å². The van der Waals surface area contributed by atoms with Crippen LogP contribution in [0.1, 0.15) is 20.3 Å². The molecule has 2 atom stereocenters. The second kappa shape index (κ2) is 5.83. The first-order valence-electron chi connectivity index (χ1n) is 6.73. The summed E-state index contributed by atoms with van der Waals surface area (Å²) in [5.74, 6) is 1.71. The monoisotopic (exact) mass is 240 g/mol. The third-order valence-electron chi connectivity index (χ3n) is 3.67. The summed E-state index contributed by atoms with van der Waals surface area (Å²) in [6, 6.07) is 0. The van der Waals surface area contributed by atoms with Gasteiger partial charge in [-0.25, -0.2) is 0 Å². The molecule has 0 aromatic rings. The van der Waals surface area contributed by atoms with Crippen molar-refractivity contribution in [3.63, 3.8) is 0 Å². The van der Waals surface area contributed by atoms with Gasteiger partial charge in [-0.1, -0.05) is 13.8 Å². The summed E-state index contributed by atoms with van der Waals surface area (Å²) < 4.78 is 5.27. The van der Waals surface area contributed by atoms with Gasteiger partial charge in [0.05, 0.1) is 19.8 Å². The van der Waals surface area contributed by atoms with Crippen LogP contribution in [0.4, 0.5) is 0 Å². The number of likely N-dealkylation sites (tertiary alicyclic amines) is 1. The van der Waals surface area contributed by atoms with Crippen molar-refractivity contribution in [1.82, 2.24) is 9.80 Å². The molecule has 0 unspecified atom stereocenters. The number of rotatable bonds is 2. The van der Waals surface area contributed by atoms with Crippen molar-refractivity contribution in [3.05, 3.63) is 0 Å². The topological polar surface area (TPSA) is 32.8 Å². The fourth-order valence-electron chi connectivity index (χ4n) is 3.03. The Morgan fingerprint density at radius 2 is 1.76 bits per heavy atom. The van der Waals surface area contributed by atoms with E-state index in [1.54, 1.807) is 0 Å². The fraction of sp³-hybridized carbons (Fsp3) is 0.923. The molecule has 0 bridgehead atoms. The van der Waals surface area contributed by atoms with Crippen LogP contribution < -0.4 is 0 Å². The fourth-order valence-corrected chi connectivity index (χ4v) is 3.03. The van der Waals surface area contributed by atoms with E-state index in [1.165, 1.54) is 6.42 Å².